The average molecular weight is 413 g/mol. The molecule has 0 saturated heterocycles. The number of carbonyl (C=O) groups is 1. The van der Waals surface area contributed by atoms with E-state index in [0.29, 0.717) is 6.42 Å². The summed E-state index contributed by atoms with van der Waals surface area (Å²) >= 11 is 0. The molecule has 0 aromatic heterocycles. The molecule has 0 saturated carbocycles. The van der Waals surface area contributed by atoms with E-state index in [9.17, 15) is 9.90 Å². The molecule has 1 unspecified atom stereocenters. The van der Waals surface area contributed by atoms with Crippen LogP contribution < -0.4 is 0 Å². The van der Waals surface area contributed by atoms with Gasteiger partial charge >= 0.3 is 5.97 Å². The Bertz CT molecular complexity index is 330. The van der Waals surface area contributed by atoms with Crippen molar-refractivity contribution >= 4 is 5.97 Å². The second-order valence-electron chi connectivity index (χ2n) is 9.09. The Kier molecular flexibility index (Phi) is 23.2. The molecule has 29 heavy (non-hydrogen) atoms. The van der Waals surface area contributed by atoms with E-state index in [1.54, 1.807) is 0 Å². The van der Waals surface area contributed by atoms with Gasteiger partial charge in [0.2, 0.25) is 0 Å². The minimum absolute atomic E-state index is 0.0988. The van der Waals surface area contributed by atoms with Crippen LogP contribution in [0.15, 0.2) is 0 Å². The zero-order chi connectivity index (χ0) is 21.4. The number of hydrogen-bond donors (Lipinski definition) is 2. The Balaban J connectivity index is 3.15. The lowest BCUT2D eigenvalue weighted by atomic mass is 10.0. The van der Waals surface area contributed by atoms with Gasteiger partial charge in [-0.05, 0) is 19.3 Å². The first-order chi connectivity index (χ1) is 14.2. The summed E-state index contributed by atoms with van der Waals surface area (Å²) in [6.07, 6.45) is 27.8. The topological polar surface area (TPSA) is 57.5 Å². The van der Waals surface area contributed by atoms with Crippen molar-refractivity contribution in [2.24, 2.45) is 0 Å². The maximum Gasteiger partial charge on any atom is 0.303 e. The van der Waals surface area contributed by atoms with Crippen LogP contribution in [0.3, 0.4) is 0 Å². The van der Waals surface area contributed by atoms with Gasteiger partial charge in [-0.15, -0.1) is 0 Å². The van der Waals surface area contributed by atoms with E-state index in [1.165, 1.54) is 103 Å². The van der Waals surface area contributed by atoms with Gasteiger partial charge in [0.15, 0.2) is 0 Å². The van der Waals surface area contributed by atoms with Gasteiger partial charge in [-0.3, -0.25) is 4.79 Å². The minimum Gasteiger partial charge on any atom is -0.481 e. The number of unbranched alkanes of at least 4 members (excludes halogenated alkanes) is 18. The standard InChI is InChI=1S/C26H52O3/c1-2-3-4-5-6-7-8-9-10-11-13-16-19-22-25(27)23-20-17-14-12-15-18-21-24-26(28)29/h25,27H,2-24H2,1H3,(H,28,29). The van der Waals surface area contributed by atoms with Gasteiger partial charge in [-0.1, -0.05) is 129 Å². The van der Waals surface area contributed by atoms with E-state index in [-0.39, 0.29) is 6.10 Å². The van der Waals surface area contributed by atoms with Gasteiger partial charge in [0, 0.05) is 6.42 Å². The lowest BCUT2D eigenvalue weighted by Crippen LogP contribution is -2.05. The third-order valence-corrected chi connectivity index (χ3v) is 6.07. The molecule has 0 aromatic carbocycles. The van der Waals surface area contributed by atoms with Crippen molar-refractivity contribution in [1.29, 1.82) is 0 Å². The molecule has 0 aliphatic heterocycles. The molecule has 174 valence electrons. The van der Waals surface area contributed by atoms with Gasteiger partial charge < -0.3 is 10.2 Å². The average Bonchev–Trinajstić information content (AvgIpc) is 2.70. The SMILES string of the molecule is CCCCCCCCCCCCCCCC(O)CCCCCCCCCC(=O)O. The zero-order valence-corrected chi connectivity index (χ0v) is 19.6. The third-order valence-electron chi connectivity index (χ3n) is 6.07. The highest BCUT2D eigenvalue weighted by atomic mass is 16.4. The smallest absolute Gasteiger partial charge is 0.303 e. The third kappa shape index (κ3) is 25.4. The van der Waals surface area contributed by atoms with Gasteiger partial charge in [0.1, 0.15) is 0 Å². The molecule has 0 bridgehead atoms. The van der Waals surface area contributed by atoms with Crippen molar-refractivity contribution in [3.63, 3.8) is 0 Å². The lowest BCUT2D eigenvalue weighted by Gasteiger charge is -2.10. The van der Waals surface area contributed by atoms with Crippen LogP contribution in [-0.2, 0) is 4.79 Å². The highest BCUT2D eigenvalue weighted by molar-refractivity contribution is 5.66. The second-order valence-corrected chi connectivity index (χ2v) is 9.09. The summed E-state index contributed by atoms with van der Waals surface area (Å²) in [6, 6.07) is 0. The molecule has 0 fully saturated rings. The highest BCUT2D eigenvalue weighted by Crippen LogP contribution is 2.16. The molecule has 0 rings (SSSR count). The molecular weight excluding hydrogens is 360 g/mol. The van der Waals surface area contributed by atoms with Gasteiger partial charge in [-0.2, -0.15) is 0 Å². The number of carboxylic acid groups (broad SMARTS) is 1. The first kappa shape index (κ1) is 28.4. The molecular formula is C26H52O3. The molecule has 0 aliphatic carbocycles. The molecule has 0 amide bonds. The van der Waals surface area contributed by atoms with Gasteiger partial charge in [-0.25, -0.2) is 0 Å². The van der Waals surface area contributed by atoms with Crippen LogP contribution in [0.5, 0.6) is 0 Å². The Morgan fingerprint density at radius 3 is 1.21 bits per heavy atom. The van der Waals surface area contributed by atoms with Crippen LogP contribution in [0.4, 0.5) is 0 Å². The first-order valence-electron chi connectivity index (χ1n) is 13.1. The normalized spacial score (nSPS) is 12.3. The summed E-state index contributed by atoms with van der Waals surface area (Å²) in [5, 5.41) is 18.7. The highest BCUT2D eigenvalue weighted by Gasteiger charge is 2.04. The Morgan fingerprint density at radius 2 is 0.862 bits per heavy atom. The van der Waals surface area contributed by atoms with Crippen molar-refractivity contribution in [2.45, 2.75) is 161 Å². The van der Waals surface area contributed by atoms with E-state index < -0.39 is 5.97 Å². The summed E-state index contributed by atoms with van der Waals surface area (Å²) in [6.45, 7) is 2.28. The molecule has 0 heterocycles. The molecule has 3 heteroatoms. The number of hydrogen-bond acceptors (Lipinski definition) is 2. The van der Waals surface area contributed by atoms with Crippen LogP contribution >= 0.6 is 0 Å². The lowest BCUT2D eigenvalue weighted by molar-refractivity contribution is -0.137. The summed E-state index contributed by atoms with van der Waals surface area (Å²) < 4.78 is 0. The van der Waals surface area contributed by atoms with Gasteiger partial charge in [0.05, 0.1) is 6.10 Å². The van der Waals surface area contributed by atoms with E-state index in [1.807, 2.05) is 0 Å². The monoisotopic (exact) mass is 412 g/mol. The predicted octanol–water partition coefficient (Wildman–Crippen LogP) is 8.42. The number of rotatable bonds is 24. The summed E-state index contributed by atoms with van der Waals surface area (Å²) in [4.78, 5) is 10.4. The number of aliphatic carboxylic acids is 1. The zero-order valence-electron chi connectivity index (χ0n) is 19.6. The van der Waals surface area contributed by atoms with Crippen LogP contribution in [0.2, 0.25) is 0 Å². The summed E-state index contributed by atoms with van der Waals surface area (Å²) in [5.74, 6) is -0.678. The molecule has 1 atom stereocenters. The van der Waals surface area contributed by atoms with Crippen molar-refractivity contribution in [1.82, 2.24) is 0 Å². The molecule has 0 aromatic rings. The Hall–Kier alpha value is -0.570. The molecule has 0 radical (unpaired) electrons. The maximum atomic E-state index is 10.4. The number of carboxylic acids is 1. The molecule has 0 spiro atoms. The summed E-state index contributed by atoms with van der Waals surface area (Å²) in [5.41, 5.74) is 0. The summed E-state index contributed by atoms with van der Waals surface area (Å²) in [7, 11) is 0. The van der Waals surface area contributed by atoms with Crippen LogP contribution in [-0.4, -0.2) is 22.3 Å². The Labute approximate surface area is 182 Å². The minimum atomic E-state index is -0.678. The van der Waals surface area contributed by atoms with E-state index >= 15 is 0 Å². The number of aliphatic hydroxyl groups is 1. The molecule has 0 aliphatic rings. The maximum absolute atomic E-state index is 10.4. The van der Waals surface area contributed by atoms with E-state index in [2.05, 4.69) is 6.92 Å². The predicted molar refractivity (Wildman–Crippen MR) is 126 cm³/mol. The van der Waals surface area contributed by atoms with Gasteiger partial charge in [0.25, 0.3) is 0 Å². The second kappa shape index (κ2) is 23.7. The fraction of sp³-hybridized carbons (Fsp3) is 0.962. The number of aliphatic hydroxyl groups excluding tert-OH is 1. The fourth-order valence-corrected chi connectivity index (χ4v) is 4.08. The molecule has 3 nitrogen and oxygen atoms in total. The first-order valence-corrected chi connectivity index (χ1v) is 13.1. The van der Waals surface area contributed by atoms with E-state index in [0.717, 1.165) is 38.5 Å². The van der Waals surface area contributed by atoms with Crippen LogP contribution in [0, 0.1) is 0 Å². The quantitative estimate of drug-likeness (QED) is 0.156. The molecule has 2 N–H and O–H groups in total. The fourth-order valence-electron chi connectivity index (χ4n) is 4.08. The van der Waals surface area contributed by atoms with Crippen LogP contribution in [0.25, 0.3) is 0 Å². The Morgan fingerprint density at radius 1 is 0.552 bits per heavy atom. The van der Waals surface area contributed by atoms with Crippen molar-refractivity contribution in [3.05, 3.63) is 0 Å². The van der Waals surface area contributed by atoms with E-state index in [4.69, 9.17) is 5.11 Å². The van der Waals surface area contributed by atoms with Crippen molar-refractivity contribution < 1.29 is 15.0 Å². The largest absolute Gasteiger partial charge is 0.481 e. The van der Waals surface area contributed by atoms with Crippen LogP contribution in [0.1, 0.15) is 155 Å². The van der Waals surface area contributed by atoms with Crippen molar-refractivity contribution in [3.8, 4) is 0 Å². The van der Waals surface area contributed by atoms with Crippen molar-refractivity contribution in [2.75, 3.05) is 0 Å².